The van der Waals surface area contributed by atoms with Crippen molar-refractivity contribution in [2.45, 2.75) is 25.2 Å². The van der Waals surface area contributed by atoms with Gasteiger partial charge in [-0.1, -0.05) is 24.3 Å². The van der Waals surface area contributed by atoms with E-state index in [1.807, 2.05) is 48.5 Å². The Hall–Kier alpha value is -5.50. The number of nitrogens with one attached hydrogen (secondary N) is 1. The molecular weight excluding hydrogens is 637 g/mol. The first-order chi connectivity index (χ1) is 23.7. The van der Waals surface area contributed by atoms with Crippen molar-refractivity contribution in [1.82, 2.24) is 39.3 Å². The Morgan fingerprint density at radius 3 is 2.57 bits per heavy atom. The zero-order valence-electron chi connectivity index (χ0n) is 26.8. The topological polar surface area (TPSA) is 114 Å². The molecule has 1 amide bonds. The molecule has 1 aliphatic rings. The van der Waals surface area contributed by atoms with Crippen molar-refractivity contribution in [1.29, 1.82) is 0 Å². The molecule has 0 spiro atoms. The summed E-state index contributed by atoms with van der Waals surface area (Å²) >= 11 is 0. The second-order valence-corrected chi connectivity index (χ2v) is 11.8. The second-order valence-electron chi connectivity index (χ2n) is 11.8. The van der Waals surface area contributed by atoms with E-state index in [-0.39, 0.29) is 17.6 Å². The minimum Gasteiger partial charge on any atom is -0.497 e. The largest absolute Gasteiger partial charge is 0.497 e. The molecule has 6 aromatic rings. The first-order valence-corrected chi connectivity index (χ1v) is 15.7. The molecular formula is C35H33F3N8O3. The molecule has 0 bridgehead atoms. The van der Waals surface area contributed by atoms with Gasteiger partial charge in [-0.15, -0.1) is 0 Å². The van der Waals surface area contributed by atoms with Crippen LogP contribution in [0.2, 0.25) is 0 Å². The molecule has 0 radical (unpaired) electrons. The first kappa shape index (κ1) is 32.1. The average Bonchev–Trinajstić information content (AvgIpc) is 3.76. The highest BCUT2D eigenvalue weighted by Crippen LogP contribution is 2.35. The van der Waals surface area contributed by atoms with E-state index in [0.717, 1.165) is 21.2 Å². The van der Waals surface area contributed by atoms with Crippen molar-refractivity contribution in [3.63, 3.8) is 0 Å². The number of rotatable bonds is 9. The molecule has 1 atom stereocenters. The third kappa shape index (κ3) is 6.51. The number of halogens is 3. The van der Waals surface area contributed by atoms with Crippen LogP contribution in [-0.2, 0) is 23.9 Å². The van der Waals surface area contributed by atoms with Gasteiger partial charge in [0.2, 0.25) is 17.6 Å². The summed E-state index contributed by atoms with van der Waals surface area (Å²) < 4.78 is 54.5. The van der Waals surface area contributed by atoms with Crippen molar-refractivity contribution < 1.29 is 27.4 Å². The summed E-state index contributed by atoms with van der Waals surface area (Å²) in [6.45, 7) is 1.31. The SMILES string of the molecule is COc1ccc2nc(C(F)(F)F)n(CC(=O)N3CCN(CCc4ccccn4)C[C@H]3c3ncc(-c4cc5ccccc5nc4OC)[nH]3)c2c1. The van der Waals surface area contributed by atoms with E-state index in [2.05, 4.69) is 24.8 Å². The number of methoxy groups -OCH3 is 2. The Balaban J connectivity index is 1.22. The monoisotopic (exact) mass is 670 g/mol. The van der Waals surface area contributed by atoms with Gasteiger partial charge < -0.3 is 23.9 Å². The molecule has 2 aromatic carbocycles. The molecule has 14 heteroatoms. The van der Waals surface area contributed by atoms with Crippen LogP contribution in [0.1, 0.15) is 23.4 Å². The molecule has 5 heterocycles. The molecule has 252 valence electrons. The van der Waals surface area contributed by atoms with Gasteiger partial charge in [0.1, 0.15) is 24.2 Å². The maximum atomic E-state index is 14.2. The van der Waals surface area contributed by atoms with E-state index in [1.165, 1.54) is 25.3 Å². The zero-order chi connectivity index (χ0) is 34.1. The van der Waals surface area contributed by atoms with Crippen LogP contribution in [0.4, 0.5) is 13.2 Å². The van der Waals surface area contributed by atoms with Gasteiger partial charge in [0, 0.05) is 55.9 Å². The lowest BCUT2D eigenvalue weighted by Crippen LogP contribution is -2.52. The molecule has 1 saturated heterocycles. The number of hydrogen-bond acceptors (Lipinski definition) is 8. The minimum absolute atomic E-state index is 0.116. The molecule has 7 rings (SSSR count). The van der Waals surface area contributed by atoms with Gasteiger partial charge in [-0.2, -0.15) is 13.2 Å². The summed E-state index contributed by atoms with van der Waals surface area (Å²) in [5.74, 6) is -0.384. The zero-order valence-corrected chi connectivity index (χ0v) is 26.8. The summed E-state index contributed by atoms with van der Waals surface area (Å²) in [5, 5.41) is 0.911. The number of para-hydroxylation sites is 1. The second kappa shape index (κ2) is 13.2. The fraction of sp³-hybridized carbons (Fsp3) is 0.286. The third-order valence-corrected chi connectivity index (χ3v) is 8.78. The fourth-order valence-corrected chi connectivity index (χ4v) is 6.32. The number of benzene rings is 2. The summed E-state index contributed by atoms with van der Waals surface area (Å²) in [6, 6.07) is 19.3. The van der Waals surface area contributed by atoms with E-state index in [0.29, 0.717) is 54.8 Å². The van der Waals surface area contributed by atoms with Crippen molar-refractivity contribution >= 4 is 27.8 Å². The number of imidazole rings is 2. The van der Waals surface area contributed by atoms with Crippen LogP contribution in [0.25, 0.3) is 33.2 Å². The number of fused-ring (bicyclic) bond motifs is 2. The lowest BCUT2D eigenvalue weighted by Gasteiger charge is -2.40. The maximum Gasteiger partial charge on any atom is 0.449 e. The van der Waals surface area contributed by atoms with Crippen LogP contribution >= 0.6 is 0 Å². The van der Waals surface area contributed by atoms with E-state index >= 15 is 0 Å². The number of carbonyl (C=O) groups excluding carboxylic acids is 1. The number of piperazine rings is 1. The Morgan fingerprint density at radius 1 is 0.959 bits per heavy atom. The van der Waals surface area contributed by atoms with Crippen molar-refractivity contribution in [2.24, 2.45) is 0 Å². The maximum absolute atomic E-state index is 14.2. The van der Waals surface area contributed by atoms with E-state index < -0.39 is 30.5 Å². The number of hydrogen-bond donors (Lipinski definition) is 1. The first-order valence-electron chi connectivity index (χ1n) is 15.7. The van der Waals surface area contributed by atoms with Crippen molar-refractivity contribution in [3.05, 3.63) is 96.5 Å². The highest BCUT2D eigenvalue weighted by molar-refractivity contribution is 5.86. The quantitative estimate of drug-likeness (QED) is 0.214. The number of pyridine rings is 2. The lowest BCUT2D eigenvalue weighted by molar-refractivity contribution is -0.148. The van der Waals surface area contributed by atoms with Gasteiger partial charge in [-0.05, 0) is 36.4 Å². The van der Waals surface area contributed by atoms with Crippen LogP contribution in [0, 0.1) is 0 Å². The molecule has 1 fully saturated rings. The summed E-state index contributed by atoms with van der Waals surface area (Å²) in [5.41, 5.74) is 3.31. The number of nitrogens with zero attached hydrogens (tertiary/aromatic N) is 7. The van der Waals surface area contributed by atoms with Gasteiger partial charge in [-0.3, -0.25) is 14.7 Å². The molecule has 11 nitrogen and oxygen atoms in total. The minimum atomic E-state index is -4.78. The Kier molecular flexibility index (Phi) is 8.63. The molecule has 0 aliphatic carbocycles. The predicted octanol–water partition coefficient (Wildman–Crippen LogP) is 5.53. The Labute approximate surface area is 279 Å². The smallest absolute Gasteiger partial charge is 0.449 e. The van der Waals surface area contributed by atoms with Crippen LogP contribution in [0.15, 0.2) is 79.1 Å². The molecule has 49 heavy (non-hydrogen) atoms. The third-order valence-electron chi connectivity index (χ3n) is 8.78. The van der Waals surface area contributed by atoms with Gasteiger partial charge in [-0.25, -0.2) is 15.0 Å². The van der Waals surface area contributed by atoms with E-state index in [1.54, 1.807) is 24.4 Å². The summed E-state index contributed by atoms with van der Waals surface area (Å²) in [4.78, 5) is 38.9. The van der Waals surface area contributed by atoms with Crippen LogP contribution in [0.5, 0.6) is 11.6 Å². The number of carbonyl (C=O) groups is 1. The number of H-pyrrole nitrogens is 1. The van der Waals surface area contributed by atoms with Crippen molar-refractivity contribution in [3.8, 4) is 22.9 Å². The van der Waals surface area contributed by atoms with Crippen LogP contribution in [0.3, 0.4) is 0 Å². The molecule has 4 aromatic heterocycles. The Morgan fingerprint density at radius 2 is 1.80 bits per heavy atom. The molecule has 0 saturated carbocycles. The van der Waals surface area contributed by atoms with Gasteiger partial charge in [0.15, 0.2) is 0 Å². The fourth-order valence-electron chi connectivity index (χ4n) is 6.32. The molecule has 1 N–H and O–H groups in total. The highest BCUT2D eigenvalue weighted by atomic mass is 19.4. The number of amides is 1. The Bertz CT molecular complexity index is 2110. The van der Waals surface area contributed by atoms with E-state index in [4.69, 9.17) is 14.5 Å². The number of aromatic amines is 1. The van der Waals surface area contributed by atoms with Crippen LogP contribution < -0.4 is 9.47 Å². The standard InChI is InChI=1S/C35H33F3N8O3/c1-48-24-10-11-27-29(18-24)46(34(43-27)35(36,37)38)21-31(47)45-16-15-44(14-12-23-8-5-6-13-39-23)20-30(45)32-40-19-28(41-32)25-17-22-7-3-4-9-26(22)42-33(25)49-2/h3-11,13,17-19,30H,12,14-16,20-21H2,1-2H3,(H,40,41)/t30-/m0/s1. The highest BCUT2D eigenvalue weighted by Gasteiger charge is 2.40. The van der Waals surface area contributed by atoms with Crippen LogP contribution in [-0.4, -0.2) is 85.6 Å². The number of aromatic nitrogens is 6. The number of ether oxygens (including phenoxy) is 2. The average molecular weight is 671 g/mol. The lowest BCUT2D eigenvalue weighted by atomic mass is 10.1. The number of alkyl halides is 3. The molecule has 1 aliphatic heterocycles. The van der Waals surface area contributed by atoms with Crippen molar-refractivity contribution in [2.75, 3.05) is 40.4 Å². The molecule has 0 unspecified atom stereocenters. The van der Waals surface area contributed by atoms with Gasteiger partial charge >= 0.3 is 6.18 Å². The predicted molar refractivity (Wildman–Crippen MR) is 176 cm³/mol. The van der Waals surface area contributed by atoms with E-state index in [9.17, 15) is 18.0 Å². The van der Waals surface area contributed by atoms with Gasteiger partial charge in [0.25, 0.3) is 0 Å². The summed E-state index contributed by atoms with van der Waals surface area (Å²) in [6.07, 6.45) is -0.669. The van der Waals surface area contributed by atoms with Gasteiger partial charge in [0.05, 0.1) is 48.2 Å². The summed E-state index contributed by atoms with van der Waals surface area (Å²) in [7, 11) is 2.97. The normalized spacial score (nSPS) is 15.6.